The van der Waals surface area contributed by atoms with Crippen LogP contribution in [0.25, 0.3) is 0 Å². The first-order valence-corrected chi connectivity index (χ1v) is 9.97. The van der Waals surface area contributed by atoms with Gasteiger partial charge in [0.25, 0.3) is 0 Å². The average Bonchev–Trinajstić information content (AvgIpc) is 2.77. The van der Waals surface area contributed by atoms with Gasteiger partial charge in [-0.2, -0.15) is 0 Å². The molecule has 0 fully saturated rings. The fraction of sp³-hybridized carbons (Fsp3) is 0.591. The SMILES string of the molecule is C=CC(=O)OCCOCC(CC)(COCCOC(=O)C=C)COCC(C)OC(=O)C=C. The van der Waals surface area contributed by atoms with Crippen LogP contribution in [-0.2, 0) is 42.8 Å². The topological polar surface area (TPSA) is 107 Å². The van der Waals surface area contributed by atoms with Crippen molar-refractivity contribution in [2.24, 2.45) is 5.41 Å². The smallest absolute Gasteiger partial charge is 0.330 e. The molecule has 9 heteroatoms. The Morgan fingerprint density at radius 1 is 0.774 bits per heavy atom. The van der Waals surface area contributed by atoms with Crippen LogP contribution in [0.4, 0.5) is 0 Å². The number of carbonyl (C=O) groups is 3. The van der Waals surface area contributed by atoms with Gasteiger partial charge < -0.3 is 28.4 Å². The Morgan fingerprint density at radius 2 is 1.23 bits per heavy atom. The molecule has 0 aromatic rings. The number of hydrogen-bond acceptors (Lipinski definition) is 9. The van der Waals surface area contributed by atoms with Crippen LogP contribution in [0.15, 0.2) is 38.0 Å². The lowest BCUT2D eigenvalue weighted by molar-refractivity contribution is -0.147. The van der Waals surface area contributed by atoms with Crippen molar-refractivity contribution < 1.29 is 42.8 Å². The summed E-state index contributed by atoms with van der Waals surface area (Å²) in [6, 6.07) is 0. The Bertz CT molecular complexity index is 556. The summed E-state index contributed by atoms with van der Waals surface area (Å²) in [4.78, 5) is 33.4. The molecule has 0 heterocycles. The Hall–Kier alpha value is -2.49. The molecule has 0 bridgehead atoms. The summed E-state index contributed by atoms with van der Waals surface area (Å²) in [7, 11) is 0. The van der Waals surface area contributed by atoms with Crippen molar-refractivity contribution in [1.82, 2.24) is 0 Å². The maximum Gasteiger partial charge on any atom is 0.330 e. The van der Waals surface area contributed by atoms with Crippen LogP contribution in [0.1, 0.15) is 20.3 Å². The molecule has 31 heavy (non-hydrogen) atoms. The number of carbonyl (C=O) groups excluding carboxylic acids is 3. The zero-order chi connectivity index (χ0) is 23.5. The number of ether oxygens (including phenoxy) is 6. The molecule has 0 aliphatic carbocycles. The summed E-state index contributed by atoms with van der Waals surface area (Å²) in [5.74, 6) is -1.56. The molecule has 0 radical (unpaired) electrons. The van der Waals surface area contributed by atoms with E-state index in [1.165, 1.54) is 0 Å². The highest BCUT2D eigenvalue weighted by molar-refractivity contribution is 5.81. The lowest BCUT2D eigenvalue weighted by atomic mass is 9.88. The summed E-state index contributed by atoms with van der Waals surface area (Å²) in [5.41, 5.74) is -0.507. The summed E-state index contributed by atoms with van der Waals surface area (Å²) in [6.07, 6.45) is 3.47. The quantitative estimate of drug-likeness (QED) is 0.128. The van der Waals surface area contributed by atoms with Gasteiger partial charge in [0.05, 0.1) is 39.6 Å². The van der Waals surface area contributed by atoms with E-state index in [4.69, 9.17) is 28.4 Å². The minimum Gasteiger partial charge on any atom is -0.460 e. The van der Waals surface area contributed by atoms with Gasteiger partial charge in [0, 0.05) is 23.6 Å². The third-order valence-electron chi connectivity index (χ3n) is 4.09. The number of esters is 3. The van der Waals surface area contributed by atoms with E-state index in [0.717, 1.165) is 18.2 Å². The fourth-order valence-electron chi connectivity index (χ4n) is 2.25. The van der Waals surface area contributed by atoms with Gasteiger partial charge in [0.15, 0.2) is 0 Å². The van der Waals surface area contributed by atoms with Gasteiger partial charge in [-0.05, 0) is 13.3 Å². The molecule has 1 atom stereocenters. The zero-order valence-corrected chi connectivity index (χ0v) is 18.5. The van der Waals surface area contributed by atoms with E-state index in [1.807, 2.05) is 6.92 Å². The van der Waals surface area contributed by atoms with Gasteiger partial charge >= 0.3 is 17.9 Å². The summed E-state index contributed by atoms with van der Waals surface area (Å²) in [5, 5.41) is 0. The first-order valence-electron chi connectivity index (χ1n) is 9.97. The van der Waals surface area contributed by atoms with Crippen molar-refractivity contribution in [3.05, 3.63) is 38.0 Å². The highest BCUT2D eigenvalue weighted by Crippen LogP contribution is 2.24. The van der Waals surface area contributed by atoms with Crippen LogP contribution in [0, 0.1) is 5.41 Å². The molecule has 0 amide bonds. The van der Waals surface area contributed by atoms with Crippen molar-refractivity contribution in [2.45, 2.75) is 26.4 Å². The standard InChI is InChI=1S/C22H34O9/c1-6-19(23)29-12-10-26-15-22(9-4,16-27-11-13-30-20(24)7-2)17-28-14-18(5)31-21(25)8-3/h6-8,18H,1-3,9-17H2,4-5H3. The number of rotatable bonds is 19. The van der Waals surface area contributed by atoms with Gasteiger partial charge in [-0.25, -0.2) is 14.4 Å². The van der Waals surface area contributed by atoms with E-state index in [9.17, 15) is 14.4 Å². The Kier molecular flexibility index (Phi) is 15.8. The van der Waals surface area contributed by atoms with Gasteiger partial charge in [-0.1, -0.05) is 26.7 Å². The van der Waals surface area contributed by atoms with Crippen LogP contribution in [0.3, 0.4) is 0 Å². The normalized spacial score (nSPS) is 11.8. The second-order valence-corrected chi connectivity index (χ2v) is 6.67. The summed E-state index contributed by atoms with van der Waals surface area (Å²) < 4.78 is 31.9. The molecule has 0 spiro atoms. The third-order valence-corrected chi connectivity index (χ3v) is 4.09. The monoisotopic (exact) mass is 442 g/mol. The molecule has 0 saturated heterocycles. The summed E-state index contributed by atoms with van der Waals surface area (Å²) >= 11 is 0. The lowest BCUT2D eigenvalue weighted by Crippen LogP contribution is -2.38. The predicted octanol–water partition coefficient (Wildman–Crippen LogP) is 2.01. The van der Waals surface area contributed by atoms with Crippen LogP contribution in [0.2, 0.25) is 0 Å². The molecule has 0 saturated carbocycles. The van der Waals surface area contributed by atoms with Crippen LogP contribution in [-0.4, -0.2) is 76.9 Å². The van der Waals surface area contributed by atoms with E-state index in [1.54, 1.807) is 6.92 Å². The maximum absolute atomic E-state index is 11.3. The third kappa shape index (κ3) is 14.2. The van der Waals surface area contributed by atoms with Crippen molar-refractivity contribution in [1.29, 1.82) is 0 Å². The number of hydrogen-bond donors (Lipinski definition) is 0. The molecule has 0 N–H and O–H groups in total. The van der Waals surface area contributed by atoms with E-state index >= 15 is 0 Å². The van der Waals surface area contributed by atoms with E-state index in [2.05, 4.69) is 19.7 Å². The average molecular weight is 443 g/mol. The minimum absolute atomic E-state index is 0.0956. The molecule has 0 rings (SSSR count). The fourth-order valence-corrected chi connectivity index (χ4v) is 2.25. The highest BCUT2D eigenvalue weighted by Gasteiger charge is 2.30. The Labute approximate surface area is 184 Å². The largest absolute Gasteiger partial charge is 0.460 e. The van der Waals surface area contributed by atoms with Gasteiger partial charge in [0.1, 0.15) is 19.3 Å². The van der Waals surface area contributed by atoms with Crippen molar-refractivity contribution >= 4 is 17.9 Å². The first-order chi connectivity index (χ1) is 14.8. The van der Waals surface area contributed by atoms with E-state index in [0.29, 0.717) is 6.42 Å². The van der Waals surface area contributed by atoms with Crippen LogP contribution in [0.5, 0.6) is 0 Å². The first kappa shape index (κ1) is 28.5. The molecule has 0 aliphatic rings. The zero-order valence-electron chi connectivity index (χ0n) is 18.5. The van der Waals surface area contributed by atoms with Crippen molar-refractivity contribution in [3.8, 4) is 0 Å². The lowest BCUT2D eigenvalue weighted by Gasteiger charge is -2.32. The molecular weight excluding hydrogens is 408 g/mol. The summed E-state index contributed by atoms with van der Waals surface area (Å²) in [6.45, 7) is 15.3. The molecule has 0 aromatic heterocycles. The second kappa shape index (κ2) is 17.2. The second-order valence-electron chi connectivity index (χ2n) is 6.67. The molecule has 1 unspecified atom stereocenters. The molecular formula is C22H34O9. The molecule has 0 aliphatic heterocycles. The van der Waals surface area contributed by atoms with Gasteiger partial charge in [0.2, 0.25) is 0 Å². The van der Waals surface area contributed by atoms with Crippen molar-refractivity contribution in [2.75, 3.05) is 52.9 Å². The molecule has 176 valence electrons. The predicted molar refractivity (Wildman–Crippen MR) is 113 cm³/mol. The Morgan fingerprint density at radius 3 is 1.65 bits per heavy atom. The maximum atomic E-state index is 11.3. The molecule has 0 aromatic carbocycles. The minimum atomic E-state index is -0.521. The highest BCUT2D eigenvalue weighted by atomic mass is 16.6. The Balaban J connectivity index is 4.66. The van der Waals surface area contributed by atoms with E-state index in [-0.39, 0.29) is 52.9 Å². The van der Waals surface area contributed by atoms with E-state index < -0.39 is 29.4 Å². The molecule has 9 nitrogen and oxygen atoms in total. The van der Waals surface area contributed by atoms with Gasteiger partial charge in [-0.3, -0.25) is 0 Å². The van der Waals surface area contributed by atoms with Crippen LogP contribution < -0.4 is 0 Å². The van der Waals surface area contributed by atoms with Crippen molar-refractivity contribution in [3.63, 3.8) is 0 Å². The van der Waals surface area contributed by atoms with Crippen LogP contribution >= 0.6 is 0 Å². The van der Waals surface area contributed by atoms with Gasteiger partial charge in [-0.15, -0.1) is 0 Å².